The van der Waals surface area contributed by atoms with Crippen LogP contribution in [0.5, 0.6) is 0 Å². The SMILES string of the molecule is C[C@@H](N)[C@H]1CCCN(C(=O)c2cnn(-c3ccc(Cl)cc3Cl)c2)C1. The highest BCUT2D eigenvalue weighted by atomic mass is 35.5. The summed E-state index contributed by atoms with van der Waals surface area (Å²) in [5.41, 5.74) is 7.23. The van der Waals surface area contributed by atoms with Gasteiger partial charge in [0.2, 0.25) is 0 Å². The third kappa shape index (κ3) is 3.58. The Hall–Kier alpha value is -1.56. The Morgan fingerprint density at radius 3 is 2.92 bits per heavy atom. The van der Waals surface area contributed by atoms with Crippen molar-refractivity contribution >= 4 is 29.1 Å². The first-order valence-electron chi connectivity index (χ1n) is 8.00. The number of nitrogens with two attached hydrogens (primary N) is 1. The maximum atomic E-state index is 12.7. The van der Waals surface area contributed by atoms with Crippen LogP contribution < -0.4 is 5.73 Å². The van der Waals surface area contributed by atoms with Gasteiger partial charge in [-0.2, -0.15) is 5.10 Å². The average molecular weight is 367 g/mol. The number of benzene rings is 1. The molecule has 0 aliphatic carbocycles. The Labute approximate surface area is 151 Å². The number of aromatic nitrogens is 2. The van der Waals surface area contributed by atoms with E-state index in [0.29, 0.717) is 33.8 Å². The van der Waals surface area contributed by atoms with Crippen molar-refractivity contribution in [1.82, 2.24) is 14.7 Å². The van der Waals surface area contributed by atoms with Crippen LogP contribution in [0.15, 0.2) is 30.6 Å². The van der Waals surface area contributed by atoms with E-state index in [1.807, 2.05) is 11.8 Å². The number of rotatable bonds is 3. The maximum absolute atomic E-state index is 12.7. The molecule has 0 unspecified atom stereocenters. The van der Waals surface area contributed by atoms with Gasteiger partial charge < -0.3 is 10.6 Å². The largest absolute Gasteiger partial charge is 0.338 e. The molecule has 1 fully saturated rings. The van der Waals surface area contributed by atoms with Crippen molar-refractivity contribution in [2.75, 3.05) is 13.1 Å². The summed E-state index contributed by atoms with van der Waals surface area (Å²) >= 11 is 12.1. The molecule has 7 heteroatoms. The second-order valence-corrected chi connectivity index (χ2v) is 7.13. The zero-order valence-electron chi connectivity index (χ0n) is 13.5. The van der Waals surface area contributed by atoms with E-state index in [9.17, 15) is 4.79 Å². The van der Waals surface area contributed by atoms with Gasteiger partial charge in [0, 0.05) is 30.4 Å². The molecular formula is C17H20Cl2N4O. The fourth-order valence-corrected chi connectivity index (χ4v) is 3.53. The van der Waals surface area contributed by atoms with Gasteiger partial charge in [0.1, 0.15) is 0 Å². The van der Waals surface area contributed by atoms with E-state index in [0.717, 1.165) is 19.4 Å². The topological polar surface area (TPSA) is 64.2 Å². The summed E-state index contributed by atoms with van der Waals surface area (Å²) in [5.74, 6) is 0.333. The zero-order valence-corrected chi connectivity index (χ0v) is 15.0. The van der Waals surface area contributed by atoms with Crippen molar-refractivity contribution in [2.45, 2.75) is 25.8 Å². The number of carbonyl (C=O) groups is 1. The van der Waals surface area contributed by atoms with Gasteiger partial charge in [0.15, 0.2) is 0 Å². The van der Waals surface area contributed by atoms with E-state index < -0.39 is 0 Å². The minimum atomic E-state index is -0.0170. The fraction of sp³-hybridized carbons (Fsp3) is 0.412. The predicted octanol–water partition coefficient (Wildman–Crippen LogP) is 3.38. The highest BCUT2D eigenvalue weighted by Crippen LogP contribution is 2.25. The van der Waals surface area contributed by atoms with E-state index in [-0.39, 0.29) is 11.9 Å². The number of amides is 1. The van der Waals surface area contributed by atoms with Gasteiger partial charge in [-0.05, 0) is 43.9 Å². The van der Waals surface area contributed by atoms with E-state index >= 15 is 0 Å². The Balaban J connectivity index is 1.78. The van der Waals surface area contributed by atoms with Gasteiger partial charge in [-0.15, -0.1) is 0 Å². The molecule has 0 bridgehead atoms. The highest BCUT2D eigenvalue weighted by molar-refractivity contribution is 6.35. The molecule has 3 rings (SSSR count). The van der Waals surface area contributed by atoms with E-state index in [2.05, 4.69) is 5.10 Å². The first-order valence-corrected chi connectivity index (χ1v) is 8.76. The molecule has 1 amide bonds. The van der Waals surface area contributed by atoms with Crippen LogP contribution in [0, 0.1) is 5.92 Å². The lowest BCUT2D eigenvalue weighted by atomic mass is 9.92. The van der Waals surface area contributed by atoms with Gasteiger partial charge in [-0.1, -0.05) is 23.2 Å². The Kier molecular flexibility index (Phi) is 5.13. The molecule has 1 aliphatic rings. The number of hydrogen-bond donors (Lipinski definition) is 1. The molecule has 2 N–H and O–H groups in total. The van der Waals surface area contributed by atoms with Gasteiger partial charge in [0.25, 0.3) is 5.91 Å². The minimum Gasteiger partial charge on any atom is -0.338 e. The third-order valence-electron chi connectivity index (χ3n) is 4.47. The number of likely N-dealkylation sites (tertiary alicyclic amines) is 1. The monoisotopic (exact) mass is 366 g/mol. The van der Waals surface area contributed by atoms with Gasteiger partial charge in [0.05, 0.1) is 22.5 Å². The van der Waals surface area contributed by atoms with Gasteiger partial charge >= 0.3 is 0 Å². The Morgan fingerprint density at radius 1 is 1.42 bits per heavy atom. The second-order valence-electron chi connectivity index (χ2n) is 6.28. The molecule has 1 aromatic carbocycles. The van der Waals surface area contributed by atoms with Crippen LogP contribution in [0.4, 0.5) is 0 Å². The molecule has 24 heavy (non-hydrogen) atoms. The number of carbonyl (C=O) groups excluding carboxylic acids is 1. The standard InChI is InChI=1S/C17H20Cl2N4O/c1-11(20)12-3-2-6-22(9-12)17(24)13-8-21-23(10-13)16-5-4-14(18)7-15(16)19/h4-5,7-8,10-12H,2-3,6,9,20H2,1H3/t11-,12+/m1/s1. The van der Waals surface area contributed by atoms with Gasteiger partial charge in [-0.3, -0.25) is 4.79 Å². The number of halogens is 2. The molecule has 2 atom stereocenters. The summed E-state index contributed by atoms with van der Waals surface area (Å²) in [7, 11) is 0. The van der Waals surface area contributed by atoms with Gasteiger partial charge in [-0.25, -0.2) is 4.68 Å². The summed E-state index contributed by atoms with van der Waals surface area (Å²) in [6.07, 6.45) is 5.33. The third-order valence-corrected chi connectivity index (χ3v) is 5.01. The van der Waals surface area contributed by atoms with Crippen LogP contribution in [0.25, 0.3) is 5.69 Å². The number of nitrogens with zero attached hydrogens (tertiary/aromatic N) is 3. The number of hydrogen-bond acceptors (Lipinski definition) is 3. The van der Waals surface area contributed by atoms with Crippen molar-refractivity contribution in [3.63, 3.8) is 0 Å². The smallest absolute Gasteiger partial charge is 0.257 e. The van der Waals surface area contributed by atoms with Crippen LogP contribution in [-0.2, 0) is 0 Å². The number of piperidine rings is 1. The second kappa shape index (κ2) is 7.13. The summed E-state index contributed by atoms with van der Waals surface area (Å²) in [5, 5.41) is 5.31. The Bertz CT molecular complexity index is 744. The molecule has 128 valence electrons. The lowest BCUT2D eigenvalue weighted by molar-refractivity contribution is 0.0661. The molecule has 1 aliphatic heterocycles. The molecule has 5 nitrogen and oxygen atoms in total. The molecule has 2 aromatic rings. The molecule has 1 aromatic heterocycles. The Morgan fingerprint density at radius 2 is 2.21 bits per heavy atom. The molecule has 2 heterocycles. The summed E-state index contributed by atoms with van der Waals surface area (Å²) in [4.78, 5) is 14.6. The minimum absolute atomic E-state index is 0.0170. The molecule has 0 saturated carbocycles. The van der Waals surface area contributed by atoms with Crippen molar-refractivity contribution in [3.05, 3.63) is 46.2 Å². The summed E-state index contributed by atoms with van der Waals surface area (Å²) in [6.45, 7) is 3.46. The van der Waals surface area contributed by atoms with Crippen LogP contribution in [-0.4, -0.2) is 39.7 Å². The van der Waals surface area contributed by atoms with Crippen LogP contribution in [0.3, 0.4) is 0 Å². The lowest BCUT2D eigenvalue weighted by Gasteiger charge is -2.34. The fourth-order valence-electron chi connectivity index (χ4n) is 3.04. The molecular weight excluding hydrogens is 347 g/mol. The van der Waals surface area contributed by atoms with Crippen molar-refractivity contribution in [2.24, 2.45) is 11.7 Å². The first-order chi connectivity index (χ1) is 11.5. The summed E-state index contributed by atoms with van der Waals surface area (Å²) < 4.78 is 1.60. The van der Waals surface area contributed by atoms with Crippen LogP contribution in [0.1, 0.15) is 30.1 Å². The van der Waals surface area contributed by atoms with E-state index in [1.54, 1.807) is 35.3 Å². The molecule has 0 radical (unpaired) electrons. The van der Waals surface area contributed by atoms with Crippen molar-refractivity contribution in [1.29, 1.82) is 0 Å². The normalized spacial score (nSPS) is 19.3. The van der Waals surface area contributed by atoms with E-state index in [1.165, 1.54) is 0 Å². The summed E-state index contributed by atoms with van der Waals surface area (Å²) in [6, 6.07) is 5.26. The zero-order chi connectivity index (χ0) is 17.3. The average Bonchev–Trinajstić information content (AvgIpc) is 3.04. The van der Waals surface area contributed by atoms with E-state index in [4.69, 9.17) is 28.9 Å². The van der Waals surface area contributed by atoms with Crippen LogP contribution in [0.2, 0.25) is 10.0 Å². The highest BCUT2D eigenvalue weighted by Gasteiger charge is 2.27. The first kappa shape index (κ1) is 17.3. The lowest BCUT2D eigenvalue weighted by Crippen LogP contribution is -2.45. The maximum Gasteiger partial charge on any atom is 0.257 e. The van der Waals surface area contributed by atoms with Crippen LogP contribution >= 0.6 is 23.2 Å². The molecule has 1 saturated heterocycles. The quantitative estimate of drug-likeness (QED) is 0.905. The molecule has 0 spiro atoms. The van der Waals surface area contributed by atoms with Crippen molar-refractivity contribution in [3.8, 4) is 5.69 Å². The van der Waals surface area contributed by atoms with Crippen molar-refractivity contribution < 1.29 is 4.79 Å². The predicted molar refractivity (Wildman–Crippen MR) is 95.9 cm³/mol.